The number of thiophene rings is 1. The number of nitrogens with zero attached hydrogens (tertiary/aromatic N) is 4. The van der Waals surface area contributed by atoms with Crippen molar-refractivity contribution in [1.82, 2.24) is 19.9 Å². The topological polar surface area (TPSA) is 115 Å². The molecular weight excluding hydrogens is 501 g/mol. The van der Waals surface area contributed by atoms with Crippen molar-refractivity contribution in [1.29, 1.82) is 0 Å². The molecule has 5 rings (SSSR count). The van der Waals surface area contributed by atoms with Crippen molar-refractivity contribution in [2.75, 3.05) is 35.6 Å². The highest BCUT2D eigenvalue weighted by Crippen LogP contribution is 2.26. The smallest absolute Gasteiger partial charge is 0.325 e. The van der Waals surface area contributed by atoms with Crippen molar-refractivity contribution in [3.63, 3.8) is 0 Å². The summed E-state index contributed by atoms with van der Waals surface area (Å²) in [5, 5.41) is 20.8. The number of aromatic nitrogens is 3. The number of rotatable bonds is 9. The molecule has 0 aliphatic carbocycles. The van der Waals surface area contributed by atoms with Crippen molar-refractivity contribution >= 4 is 55.6 Å². The van der Waals surface area contributed by atoms with Crippen LogP contribution < -0.4 is 16.0 Å². The first kappa shape index (κ1) is 24.5. The first-order chi connectivity index (χ1) is 17.6. The van der Waals surface area contributed by atoms with Gasteiger partial charge in [0.15, 0.2) is 5.13 Å². The summed E-state index contributed by atoms with van der Waals surface area (Å²) in [6, 6.07) is 6.09. The number of carbonyl (C=O) groups excluding carboxylic acids is 1. The summed E-state index contributed by atoms with van der Waals surface area (Å²) in [6.07, 6.45) is 5.91. The minimum absolute atomic E-state index is 0.0521. The minimum Gasteiger partial charge on any atom is -0.395 e. The second-order valence-electron chi connectivity index (χ2n) is 8.50. The Morgan fingerprint density at radius 2 is 2.14 bits per heavy atom. The normalized spacial score (nSPS) is 15.9. The summed E-state index contributed by atoms with van der Waals surface area (Å²) in [4.78, 5) is 28.4. The molecular formula is C24H26FN7O2S2. The zero-order chi connectivity index (χ0) is 24.9. The minimum atomic E-state index is -0.443. The van der Waals surface area contributed by atoms with Gasteiger partial charge in [-0.3, -0.25) is 10.2 Å². The maximum atomic E-state index is 14.4. The van der Waals surface area contributed by atoms with Crippen LogP contribution in [-0.2, 0) is 13.0 Å². The van der Waals surface area contributed by atoms with Crippen LogP contribution in [0.3, 0.4) is 0 Å². The molecule has 0 saturated carbocycles. The molecule has 4 N–H and O–H groups in total. The Bertz CT molecular complexity index is 1350. The fraction of sp³-hybridized carbons (Fsp3) is 0.333. The standard InChI is InChI=1S/C24H26FN7O2S2/c25-19-4-3-16(10-15(19)12-32-8-1-2-17(32)13-33)30-23(34)31-24-27-11-18(36-24)5-7-26-22-21-20(6-9-35-21)28-14-29-22/h3-4,6,9-11,14,17,33H,1-2,5,7-8,12-13H2,(H,26,28,29)(H2,27,30,31,34)/t17-/m0/s1. The molecule has 0 radical (unpaired) electrons. The van der Waals surface area contributed by atoms with Crippen LogP contribution in [0.2, 0.25) is 0 Å². The van der Waals surface area contributed by atoms with Gasteiger partial charge < -0.3 is 15.7 Å². The largest absolute Gasteiger partial charge is 0.395 e. The first-order valence-electron chi connectivity index (χ1n) is 11.7. The van der Waals surface area contributed by atoms with Gasteiger partial charge in [0.25, 0.3) is 0 Å². The number of amides is 2. The number of aliphatic hydroxyl groups excluding tert-OH is 1. The highest BCUT2D eigenvalue weighted by atomic mass is 32.1. The van der Waals surface area contributed by atoms with Gasteiger partial charge in [0.05, 0.1) is 16.8 Å². The quantitative estimate of drug-likeness (QED) is 0.253. The second-order valence-corrected chi connectivity index (χ2v) is 10.5. The van der Waals surface area contributed by atoms with Gasteiger partial charge in [0.2, 0.25) is 0 Å². The van der Waals surface area contributed by atoms with Crippen LogP contribution in [0.4, 0.5) is 25.8 Å². The third-order valence-corrected chi connectivity index (χ3v) is 7.95. The molecule has 0 unspecified atom stereocenters. The number of likely N-dealkylation sites (tertiary alicyclic amines) is 1. The lowest BCUT2D eigenvalue weighted by molar-refractivity contribution is 0.152. The number of anilines is 3. The van der Waals surface area contributed by atoms with Crippen molar-refractivity contribution in [3.8, 4) is 0 Å². The number of thiazole rings is 1. The lowest BCUT2D eigenvalue weighted by Gasteiger charge is -2.23. The van der Waals surface area contributed by atoms with Crippen molar-refractivity contribution in [2.45, 2.75) is 31.8 Å². The zero-order valence-electron chi connectivity index (χ0n) is 19.4. The van der Waals surface area contributed by atoms with Crippen LogP contribution in [0.25, 0.3) is 10.2 Å². The number of urea groups is 1. The summed E-state index contributed by atoms with van der Waals surface area (Å²) in [7, 11) is 0. The molecule has 0 bridgehead atoms. The number of carbonyl (C=O) groups is 1. The molecule has 4 aromatic rings. The fourth-order valence-corrected chi connectivity index (χ4v) is 5.88. The number of benzene rings is 1. The van der Waals surface area contributed by atoms with Crippen molar-refractivity contribution < 1.29 is 14.3 Å². The molecule has 1 fully saturated rings. The molecule has 4 heterocycles. The number of fused-ring (bicyclic) bond motifs is 1. The Labute approximate surface area is 215 Å². The van der Waals surface area contributed by atoms with E-state index >= 15 is 0 Å². The van der Waals surface area contributed by atoms with Crippen LogP contribution in [0.5, 0.6) is 0 Å². The van der Waals surface area contributed by atoms with Gasteiger partial charge in [-0.05, 0) is 49.0 Å². The monoisotopic (exact) mass is 527 g/mol. The molecule has 12 heteroatoms. The van der Waals surface area contributed by atoms with Gasteiger partial charge in [-0.1, -0.05) is 0 Å². The first-order valence-corrected chi connectivity index (χ1v) is 13.4. The van der Waals surface area contributed by atoms with E-state index in [4.69, 9.17) is 0 Å². The number of hydrogen-bond donors (Lipinski definition) is 4. The molecule has 0 spiro atoms. The summed E-state index contributed by atoms with van der Waals surface area (Å²) in [5.74, 6) is 0.483. The molecule has 1 aliphatic heterocycles. The zero-order valence-corrected chi connectivity index (χ0v) is 21.0. The van der Waals surface area contributed by atoms with Gasteiger partial charge in [-0.25, -0.2) is 24.1 Å². The molecule has 3 aromatic heterocycles. The van der Waals surface area contributed by atoms with E-state index in [-0.39, 0.29) is 18.5 Å². The SMILES string of the molecule is O=C(Nc1ccc(F)c(CN2CCC[C@H]2CO)c1)Nc1ncc(CCNc2ncnc3ccsc23)s1. The Kier molecular flexibility index (Phi) is 7.66. The summed E-state index contributed by atoms with van der Waals surface area (Å²) >= 11 is 3.00. The van der Waals surface area contributed by atoms with Crippen LogP contribution in [0.15, 0.2) is 42.2 Å². The maximum absolute atomic E-state index is 14.4. The number of aliphatic hydroxyl groups is 1. The maximum Gasteiger partial charge on any atom is 0.325 e. The Morgan fingerprint density at radius 3 is 3.03 bits per heavy atom. The van der Waals surface area contributed by atoms with E-state index in [1.54, 1.807) is 29.9 Å². The Balaban J connectivity index is 1.13. The highest BCUT2D eigenvalue weighted by molar-refractivity contribution is 7.17. The van der Waals surface area contributed by atoms with E-state index in [1.165, 1.54) is 23.5 Å². The van der Waals surface area contributed by atoms with E-state index in [0.29, 0.717) is 29.5 Å². The molecule has 9 nitrogen and oxygen atoms in total. The van der Waals surface area contributed by atoms with E-state index in [9.17, 15) is 14.3 Å². The van der Waals surface area contributed by atoms with Gasteiger partial charge in [-0.2, -0.15) is 0 Å². The van der Waals surface area contributed by atoms with E-state index in [2.05, 4.69) is 35.8 Å². The van der Waals surface area contributed by atoms with Gasteiger partial charge in [0, 0.05) is 47.9 Å². The summed E-state index contributed by atoms with van der Waals surface area (Å²) in [5.41, 5.74) is 1.90. The van der Waals surface area contributed by atoms with Crippen molar-refractivity contribution in [2.24, 2.45) is 0 Å². The Morgan fingerprint density at radius 1 is 1.22 bits per heavy atom. The number of hydrogen-bond acceptors (Lipinski definition) is 9. The lowest BCUT2D eigenvalue weighted by atomic mass is 10.1. The predicted octanol–water partition coefficient (Wildman–Crippen LogP) is 4.54. The number of nitrogens with one attached hydrogen (secondary N) is 3. The summed E-state index contributed by atoms with van der Waals surface area (Å²) < 4.78 is 15.4. The number of halogens is 1. The molecule has 2 amide bonds. The van der Waals surface area contributed by atoms with E-state index in [1.807, 2.05) is 11.4 Å². The lowest BCUT2D eigenvalue weighted by Crippen LogP contribution is -2.32. The molecule has 1 saturated heterocycles. The van der Waals surface area contributed by atoms with Crippen LogP contribution in [0.1, 0.15) is 23.3 Å². The van der Waals surface area contributed by atoms with Gasteiger partial charge in [-0.15, -0.1) is 22.7 Å². The van der Waals surface area contributed by atoms with Crippen LogP contribution in [-0.4, -0.2) is 56.7 Å². The second kappa shape index (κ2) is 11.2. The highest BCUT2D eigenvalue weighted by Gasteiger charge is 2.24. The van der Waals surface area contributed by atoms with Gasteiger partial charge in [0.1, 0.15) is 18.0 Å². The molecule has 1 aliphatic rings. The third-order valence-electron chi connectivity index (χ3n) is 6.07. The van der Waals surface area contributed by atoms with Gasteiger partial charge >= 0.3 is 6.03 Å². The molecule has 188 valence electrons. The predicted molar refractivity (Wildman–Crippen MR) is 141 cm³/mol. The van der Waals surface area contributed by atoms with Crippen molar-refractivity contribution in [3.05, 3.63) is 58.4 Å². The third kappa shape index (κ3) is 5.78. The average molecular weight is 528 g/mol. The van der Waals surface area contributed by atoms with E-state index < -0.39 is 6.03 Å². The molecule has 1 aromatic carbocycles. The fourth-order valence-electron chi connectivity index (χ4n) is 4.26. The molecule has 36 heavy (non-hydrogen) atoms. The van der Waals surface area contributed by atoms with E-state index in [0.717, 1.165) is 46.7 Å². The van der Waals surface area contributed by atoms with Crippen LogP contribution >= 0.6 is 22.7 Å². The summed E-state index contributed by atoms with van der Waals surface area (Å²) in [6.45, 7) is 1.95. The van der Waals surface area contributed by atoms with Crippen LogP contribution in [0, 0.1) is 5.82 Å². The Hall–Kier alpha value is -3.19. The molecule has 1 atom stereocenters. The average Bonchev–Trinajstić information content (AvgIpc) is 3.62.